The molecule has 5 nitrogen and oxygen atoms in total. The van der Waals surface area contributed by atoms with Crippen LogP contribution in [-0.4, -0.2) is 28.9 Å². The third-order valence-corrected chi connectivity index (χ3v) is 6.23. The molecule has 3 rings (SSSR count). The molecule has 0 aliphatic heterocycles. The summed E-state index contributed by atoms with van der Waals surface area (Å²) in [5.74, 6) is -0.603. The van der Waals surface area contributed by atoms with Crippen LogP contribution < -0.4 is 16.0 Å². The van der Waals surface area contributed by atoms with E-state index in [2.05, 4.69) is 16.0 Å². The molecule has 0 radical (unpaired) electrons. The lowest BCUT2D eigenvalue weighted by Crippen LogP contribution is -2.25. The molecule has 1 unspecified atom stereocenters. The summed E-state index contributed by atoms with van der Waals surface area (Å²) in [5, 5.41) is 8.75. The molecule has 0 bridgehead atoms. The highest BCUT2D eigenvalue weighted by molar-refractivity contribution is 8.01. The summed E-state index contributed by atoms with van der Waals surface area (Å²) >= 11 is 1.25. The number of rotatable bonds is 8. The quantitative estimate of drug-likeness (QED) is 0.535. The van der Waals surface area contributed by atoms with Gasteiger partial charge in [0, 0.05) is 23.1 Å². The van der Waals surface area contributed by atoms with E-state index in [4.69, 9.17) is 0 Å². The number of hydrogen-bond donors (Lipinski definition) is 3. The molecule has 0 aromatic heterocycles. The minimum Gasteiger partial charge on any atom is -0.382 e. The number of hydrogen-bond acceptors (Lipinski definition) is 4. The van der Waals surface area contributed by atoms with Crippen LogP contribution >= 0.6 is 11.8 Å². The molecule has 160 valence electrons. The SMILES string of the molecule is CC(SCC(=O)Nc1ccc(F)cc1)C(=O)Nc1ccc(NC2CCCCC2)cc1. The fourth-order valence-electron chi connectivity index (χ4n) is 3.38. The van der Waals surface area contributed by atoms with E-state index in [1.165, 1.54) is 68.1 Å². The Hall–Kier alpha value is -2.54. The second-order valence-corrected chi connectivity index (χ2v) is 8.88. The monoisotopic (exact) mass is 429 g/mol. The molecule has 0 spiro atoms. The predicted molar refractivity (Wildman–Crippen MR) is 123 cm³/mol. The number of carbonyl (C=O) groups is 2. The van der Waals surface area contributed by atoms with Gasteiger partial charge in [-0.05, 0) is 68.3 Å². The van der Waals surface area contributed by atoms with Gasteiger partial charge < -0.3 is 16.0 Å². The number of benzene rings is 2. The average molecular weight is 430 g/mol. The van der Waals surface area contributed by atoms with Crippen LogP contribution in [0.5, 0.6) is 0 Å². The van der Waals surface area contributed by atoms with Gasteiger partial charge in [0.1, 0.15) is 5.82 Å². The maximum atomic E-state index is 12.9. The van der Waals surface area contributed by atoms with Crippen LogP contribution in [0.1, 0.15) is 39.0 Å². The first-order valence-corrected chi connectivity index (χ1v) is 11.4. The molecule has 3 N–H and O–H groups in total. The predicted octanol–water partition coefficient (Wildman–Crippen LogP) is 5.27. The van der Waals surface area contributed by atoms with E-state index in [1.807, 2.05) is 24.3 Å². The van der Waals surface area contributed by atoms with Crippen molar-refractivity contribution in [3.8, 4) is 0 Å². The summed E-state index contributed by atoms with van der Waals surface area (Å²) in [7, 11) is 0. The van der Waals surface area contributed by atoms with E-state index >= 15 is 0 Å². The lowest BCUT2D eigenvalue weighted by atomic mass is 9.95. The maximum Gasteiger partial charge on any atom is 0.237 e. The van der Waals surface area contributed by atoms with Crippen LogP contribution in [0, 0.1) is 5.82 Å². The summed E-state index contributed by atoms with van der Waals surface area (Å²) in [6.45, 7) is 1.77. The van der Waals surface area contributed by atoms with Crippen molar-refractivity contribution >= 4 is 40.6 Å². The second-order valence-electron chi connectivity index (χ2n) is 7.55. The summed E-state index contributed by atoms with van der Waals surface area (Å²) in [6.07, 6.45) is 6.31. The average Bonchev–Trinajstić information content (AvgIpc) is 2.76. The number of amides is 2. The van der Waals surface area contributed by atoms with Crippen molar-refractivity contribution in [1.29, 1.82) is 0 Å². The van der Waals surface area contributed by atoms with Crippen molar-refractivity contribution in [1.82, 2.24) is 0 Å². The van der Waals surface area contributed by atoms with Crippen molar-refractivity contribution in [2.45, 2.75) is 50.3 Å². The Balaban J connectivity index is 1.41. The molecule has 1 aliphatic rings. The number of nitrogens with one attached hydrogen (secondary N) is 3. The first-order chi connectivity index (χ1) is 14.5. The Labute approximate surface area is 181 Å². The minimum atomic E-state index is -0.385. The molecule has 1 fully saturated rings. The minimum absolute atomic E-state index is 0.135. The highest BCUT2D eigenvalue weighted by Gasteiger charge is 2.16. The highest BCUT2D eigenvalue weighted by Crippen LogP contribution is 2.23. The molecular weight excluding hydrogens is 401 g/mol. The van der Waals surface area contributed by atoms with E-state index in [0.717, 1.165) is 11.4 Å². The number of carbonyl (C=O) groups excluding carboxylic acids is 2. The largest absolute Gasteiger partial charge is 0.382 e. The van der Waals surface area contributed by atoms with E-state index in [-0.39, 0.29) is 28.6 Å². The summed E-state index contributed by atoms with van der Waals surface area (Å²) in [4.78, 5) is 24.4. The molecule has 0 heterocycles. The van der Waals surface area contributed by atoms with Gasteiger partial charge in [-0.2, -0.15) is 0 Å². The van der Waals surface area contributed by atoms with Crippen LogP contribution in [0.25, 0.3) is 0 Å². The van der Waals surface area contributed by atoms with Gasteiger partial charge in [0.05, 0.1) is 11.0 Å². The highest BCUT2D eigenvalue weighted by atomic mass is 32.2. The Morgan fingerprint density at radius 2 is 1.50 bits per heavy atom. The molecule has 2 aromatic carbocycles. The third kappa shape index (κ3) is 7.06. The van der Waals surface area contributed by atoms with E-state index < -0.39 is 0 Å². The lowest BCUT2D eigenvalue weighted by molar-refractivity contribution is -0.115. The van der Waals surface area contributed by atoms with Crippen LogP contribution in [-0.2, 0) is 9.59 Å². The Morgan fingerprint density at radius 1 is 0.933 bits per heavy atom. The van der Waals surface area contributed by atoms with E-state index in [1.54, 1.807) is 6.92 Å². The molecule has 1 saturated carbocycles. The molecule has 30 heavy (non-hydrogen) atoms. The normalized spacial score (nSPS) is 15.3. The molecular formula is C23H28FN3O2S. The first kappa shape index (κ1) is 22.2. The molecule has 2 aromatic rings. The van der Waals surface area contributed by atoms with Gasteiger partial charge in [-0.15, -0.1) is 11.8 Å². The molecule has 1 aliphatic carbocycles. The lowest BCUT2D eigenvalue weighted by Gasteiger charge is -2.24. The Bertz CT molecular complexity index is 837. The van der Waals surface area contributed by atoms with Gasteiger partial charge in [0.2, 0.25) is 11.8 Å². The summed E-state index contributed by atoms with van der Waals surface area (Å²) in [5.41, 5.74) is 2.33. The number of thioether (sulfide) groups is 1. The van der Waals surface area contributed by atoms with Crippen molar-refractivity contribution in [3.63, 3.8) is 0 Å². The first-order valence-electron chi connectivity index (χ1n) is 10.3. The Kier molecular flexibility index (Phi) is 8.13. The number of anilines is 3. The van der Waals surface area contributed by atoms with E-state index in [9.17, 15) is 14.0 Å². The van der Waals surface area contributed by atoms with Crippen LogP contribution in [0.2, 0.25) is 0 Å². The standard InChI is InChI=1S/C23H28FN3O2S/c1-16(30-15-22(28)26-20-9-7-17(24)8-10-20)23(29)27-21-13-11-19(12-14-21)25-18-5-3-2-4-6-18/h7-14,16,18,25H,2-6,15H2,1H3,(H,26,28)(H,27,29). The van der Waals surface area contributed by atoms with Crippen LogP contribution in [0.3, 0.4) is 0 Å². The molecule has 0 saturated heterocycles. The van der Waals surface area contributed by atoms with Gasteiger partial charge in [-0.1, -0.05) is 19.3 Å². The van der Waals surface area contributed by atoms with Crippen molar-refractivity contribution in [3.05, 3.63) is 54.3 Å². The molecule has 1 atom stereocenters. The van der Waals surface area contributed by atoms with Crippen molar-refractivity contribution in [2.24, 2.45) is 0 Å². The second kappa shape index (κ2) is 11.0. The smallest absolute Gasteiger partial charge is 0.237 e. The fraction of sp³-hybridized carbons (Fsp3) is 0.391. The van der Waals surface area contributed by atoms with Gasteiger partial charge in [-0.25, -0.2) is 4.39 Å². The fourth-order valence-corrected chi connectivity index (χ4v) is 4.07. The zero-order valence-electron chi connectivity index (χ0n) is 17.1. The third-order valence-electron chi connectivity index (χ3n) is 5.09. The Morgan fingerprint density at radius 3 is 2.17 bits per heavy atom. The summed E-state index contributed by atoms with van der Waals surface area (Å²) in [6, 6.07) is 13.9. The van der Waals surface area contributed by atoms with E-state index in [0.29, 0.717) is 11.7 Å². The zero-order chi connectivity index (χ0) is 21.3. The van der Waals surface area contributed by atoms with Gasteiger partial charge in [-0.3, -0.25) is 9.59 Å². The van der Waals surface area contributed by atoms with Crippen LogP contribution in [0.15, 0.2) is 48.5 Å². The number of halogens is 1. The zero-order valence-corrected chi connectivity index (χ0v) is 17.9. The maximum absolute atomic E-state index is 12.9. The topological polar surface area (TPSA) is 70.2 Å². The van der Waals surface area contributed by atoms with Crippen molar-refractivity contribution < 1.29 is 14.0 Å². The van der Waals surface area contributed by atoms with Gasteiger partial charge in [0.15, 0.2) is 0 Å². The van der Waals surface area contributed by atoms with Crippen LogP contribution in [0.4, 0.5) is 21.5 Å². The molecule has 7 heteroatoms. The summed E-state index contributed by atoms with van der Waals surface area (Å²) < 4.78 is 12.9. The molecule has 2 amide bonds. The van der Waals surface area contributed by atoms with Gasteiger partial charge in [0.25, 0.3) is 0 Å². The van der Waals surface area contributed by atoms with Gasteiger partial charge >= 0.3 is 0 Å². The van der Waals surface area contributed by atoms with Crippen molar-refractivity contribution in [2.75, 3.05) is 21.7 Å².